The smallest absolute Gasteiger partial charge is 0.304 e. The van der Waals surface area contributed by atoms with Gasteiger partial charge < -0.3 is 5.11 Å². The maximum Gasteiger partial charge on any atom is 0.304 e. The summed E-state index contributed by atoms with van der Waals surface area (Å²) in [5, 5.41) is 9.85. The maximum atomic E-state index is 11.0. The number of carbonyl (C=O) groups is 1. The van der Waals surface area contributed by atoms with Crippen LogP contribution in [-0.4, -0.2) is 11.1 Å². The van der Waals surface area contributed by atoms with E-state index in [4.69, 9.17) is 16.7 Å². The third-order valence-corrected chi connectivity index (χ3v) is 5.48. The largest absolute Gasteiger partial charge is 0.481 e. The first-order valence-corrected chi connectivity index (χ1v) is 8.50. The fraction of sp³-hybridized carbons (Fsp3) is 0.632. The molecule has 122 valence electrons. The standard InChI is InChI=1S/C19H27ClO2/c1-18(2)9-7-13(8-10-18)15-6-5-14(11-16(15)20)19(3,4)12-17(21)22/h5-6,11,13H,7-10,12H2,1-4H3,(H,21,22). The molecule has 1 N–H and O–H groups in total. The third kappa shape index (κ3) is 4.04. The van der Waals surface area contributed by atoms with Crippen molar-refractivity contribution < 1.29 is 9.90 Å². The SMILES string of the molecule is CC1(C)CCC(c2ccc(C(C)(C)CC(=O)O)cc2Cl)CC1. The molecular weight excluding hydrogens is 296 g/mol. The molecule has 0 heterocycles. The van der Waals surface area contributed by atoms with E-state index < -0.39 is 11.4 Å². The van der Waals surface area contributed by atoms with Crippen molar-refractivity contribution in [2.75, 3.05) is 0 Å². The van der Waals surface area contributed by atoms with Gasteiger partial charge in [0.25, 0.3) is 0 Å². The quantitative estimate of drug-likeness (QED) is 0.763. The number of rotatable bonds is 4. The summed E-state index contributed by atoms with van der Waals surface area (Å²) in [6.45, 7) is 8.58. The van der Waals surface area contributed by atoms with Crippen LogP contribution in [0.1, 0.15) is 76.8 Å². The summed E-state index contributed by atoms with van der Waals surface area (Å²) >= 11 is 6.53. The maximum absolute atomic E-state index is 11.0. The number of benzene rings is 1. The third-order valence-electron chi connectivity index (χ3n) is 5.15. The Labute approximate surface area is 138 Å². The zero-order chi connectivity index (χ0) is 16.5. The van der Waals surface area contributed by atoms with E-state index in [1.54, 1.807) is 0 Å². The molecule has 1 saturated carbocycles. The van der Waals surface area contributed by atoms with Gasteiger partial charge in [0.2, 0.25) is 0 Å². The first kappa shape index (κ1) is 17.3. The zero-order valence-electron chi connectivity index (χ0n) is 14.1. The van der Waals surface area contributed by atoms with Crippen LogP contribution in [0.5, 0.6) is 0 Å². The zero-order valence-corrected chi connectivity index (χ0v) is 14.8. The summed E-state index contributed by atoms with van der Waals surface area (Å²) in [4.78, 5) is 11.0. The number of halogens is 1. The summed E-state index contributed by atoms with van der Waals surface area (Å²) in [5.74, 6) is -0.239. The minimum absolute atomic E-state index is 0.111. The molecule has 1 aromatic carbocycles. The molecule has 0 saturated heterocycles. The molecule has 22 heavy (non-hydrogen) atoms. The van der Waals surface area contributed by atoms with Crippen molar-refractivity contribution in [1.82, 2.24) is 0 Å². The normalized spacial score (nSPS) is 19.1. The fourth-order valence-corrected chi connectivity index (χ4v) is 3.80. The molecule has 2 rings (SSSR count). The van der Waals surface area contributed by atoms with E-state index in [1.807, 2.05) is 19.9 Å². The Bertz CT molecular complexity index is 551. The molecule has 1 aromatic rings. The molecule has 0 aliphatic heterocycles. The monoisotopic (exact) mass is 322 g/mol. The number of aliphatic carboxylic acids is 1. The van der Waals surface area contributed by atoms with Crippen molar-refractivity contribution in [2.24, 2.45) is 5.41 Å². The van der Waals surface area contributed by atoms with Gasteiger partial charge in [0.1, 0.15) is 0 Å². The molecular formula is C19H27ClO2. The first-order valence-electron chi connectivity index (χ1n) is 8.12. The number of hydrogen-bond donors (Lipinski definition) is 1. The van der Waals surface area contributed by atoms with Gasteiger partial charge in [0.05, 0.1) is 6.42 Å². The van der Waals surface area contributed by atoms with E-state index in [0.29, 0.717) is 11.3 Å². The number of hydrogen-bond acceptors (Lipinski definition) is 1. The van der Waals surface area contributed by atoms with Gasteiger partial charge in [0.15, 0.2) is 0 Å². The Balaban J connectivity index is 2.18. The van der Waals surface area contributed by atoms with Gasteiger partial charge in [0, 0.05) is 10.4 Å². The molecule has 1 aliphatic rings. The number of carboxylic acid groups (broad SMARTS) is 1. The minimum Gasteiger partial charge on any atom is -0.481 e. The lowest BCUT2D eigenvalue weighted by Crippen LogP contribution is -2.22. The van der Waals surface area contributed by atoms with Crippen LogP contribution in [0, 0.1) is 5.41 Å². The summed E-state index contributed by atoms with van der Waals surface area (Å²) in [6, 6.07) is 6.15. The molecule has 0 atom stereocenters. The molecule has 2 nitrogen and oxygen atoms in total. The average Bonchev–Trinajstić information content (AvgIpc) is 2.37. The highest BCUT2D eigenvalue weighted by atomic mass is 35.5. The second kappa shape index (κ2) is 6.23. The van der Waals surface area contributed by atoms with Crippen LogP contribution in [0.4, 0.5) is 0 Å². The van der Waals surface area contributed by atoms with Crippen LogP contribution in [-0.2, 0) is 10.2 Å². The van der Waals surface area contributed by atoms with E-state index in [9.17, 15) is 4.79 Å². The van der Waals surface area contributed by atoms with Crippen LogP contribution in [0.2, 0.25) is 5.02 Å². The van der Waals surface area contributed by atoms with Crippen LogP contribution in [0.15, 0.2) is 18.2 Å². The lowest BCUT2D eigenvalue weighted by Gasteiger charge is -2.35. The van der Waals surface area contributed by atoms with E-state index >= 15 is 0 Å². The molecule has 0 amide bonds. The highest BCUT2D eigenvalue weighted by Gasteiger charge is 2.30. The molecule has 0 spiro atoms. The van der Waals surface area contributed by atoms with Gasteiger partial charge in [-0.05, 0) is 54.2 Å². The van der Waals surface area contributed by atoms with Gasteiger partial charge >= 0.3 is 5.97 Å². The van der Waals surface area contributed by atoms with Gasteiger partial charge in [-0.15, -0.1) is 0 Å². The van der Waals surface area contributed by atoms with Gasteiger partial charge in [-0.25, -0.2) is 0 Å². The summed E-state index contributed by atoms with van der Waals surface area (Å²) in [6.07, 6.45) is 4.95. The Hall–Kier alpha value is -1.02. The van der Waals surface area contributed by atoms with Crippen molar-refractivity contribution in [3.8, 4) is 0 Å². The molecule has 0 radical (unpaired) electrons. The Kier molecular flexibility index (Phi) is 4.91. The second-order valence-corrected chi connectivity index (χ2v) is 8.54. The molecule has 0 bridgehead atoms. The summed E-state index contributed by atoms with van der Waals surface area (Å²) in [7, 11) is 0. The van der Waals surface area contributed by atoms with Crippen molar-refractivity contribution in [1.29, 1.82) is 0 Å². The summed E-state index contributed by atoms with van der Waals surface area (Å²) < 4.78 is 0. The Morgan fingerprint density at radius 2 is 1.91 bits per heavy atom. The van der Waals surface area contributed by atoms with Crippen LogP contribution < -0.4 is 0 Å². The predicted molar refractivity (Wildman–Crippen MR) is 91.7 cm³/mol. The van der Waals surface area contributed by atoms with Crippen LogP contribution in [0.25, 0.3) is 0 Å². The van der Waals surface area contributed by atoms with Gasteiger partial charge in [-0.1, -0.05) is 51.4 Å². The van der Waals surface area contributed by atoms with E-state index in [-0.39, 0.29) is 6.42 Å². The predicted octanol–water partition coefficient (Wildman–Crippen LogP) is 5.78. The van der Waals surface area contributed by atoms with Crippen molar-refractivity contribution >= 4 is 17.6 Å². The van der Waals surface area contributed by atoms with Crippen molar-refractivity contribution in [3.05, 3.63) is 34.3 Å². The highest BCUT2D eigenvalue weighted by molar-refractivity contribution is 6.31. The van der Waals surface area contributed by atoms with Crippen LogP contribution >= 0.6 is 11.6 Å². The molecule has 0 unspecified atom stereocenters. The minimum atomic E-state index is -0.778. The fourth-order valence-electron chi connectivity index (χ4n) is 3.47. The van der Waals surface area contributed by atoms with Crippen LogP contribution in [0.3, 0.4) is 0 Å². The molecule has 0 aromatic heterocycles. The van der Waals surface area contributed by atoms with E-state index in [1.165, 1.54) is 31.2 Å². The molecule has 1 aliphatic carbocycles. The van der Waals surface area contributed by atoms with E-state index in [0.717, 1.165) is 10.6 Å². The van der Waals surface area contributed by atoms with Gasteiger partial charge in [-0.3, -0.25) is 4.79 Å². The van der Waals surface area contributed by atoms with Crippen molar-refractivity contribution in [3.63, 3.8) is 0 Å². The van der Waals surface area contributed by atoms with Gasteiger partial charge in [-0.2, -0.15) is 0 Å². The first-order chi connectivity index (χ1) is 10.1. The average molecular weight is 323 g/mol. The molecule has 3 heteroatoms. The number of carboxylic acids is 1. The second-order valence-electron chi connectivity index (χ2n) is 8.13. The lowest BCUT2D eigenvalue weighted by molar-refractivity contribution is -0.138. The Morgan fingerprint density at radius 3 is 2.41 bits per heavy atom. The van der Waals surface area contributed by atoms with E-state index in [2.05, 4.69) is 26.0 Å². The topological polar surface area (TPSA) is 37.3 Å². The highest BCUT2D eigenvalue weighted by Crippen LogP contribution is 2.44. The van der Waals surface area contributed by atoms with Crippen molar-refractivity contribution in [2.45, 2.75) is 71.1 Å². The lowest BCUT2D eigenvalue weighted by atomic mass is 9.71. The molecule has 1 fully saturated rings. The summed E-state index contributed by atoms with van der Waals surface area (Å²) in [5.41, 5.74) is 2.28. The Morgan fingerprint density at radius 1 is 1.32 bits per heavy atom.